The lowest BCUT2D eigenvalue weighted by atomic mass is 10.1. The number of alkyl halides is 4. The summed E-state index contributed by atoms with van der Waals surface area (Å²) in [4.78, 5) is 5.33. The fourth-order valence-corrected chi connectivity index (χ4v) is 3.43. The summed E-state index contributed by atoms with van der Waals surface area (Å²) in [5.41, 5.74) is 0.632. The summed E-state index contributed by atoms with van der Waals surface area (Å²) in [6, 6.07) is 14.2. The van der Waals surface area contributed by atoms with Crippen LogP contribution >= 0.6 is 22.9 Å². The summed E-state index contributed by atoms with van der Waals surface area (Å²) in [6.07, 6.45) is -4.35. The summed E-state index contributed by atoms with van der Waals surface area (Å²) in [5, 5.41) is 0.621. The predicted octanol–water partition coefficient (Wildman–Crippen LogP) is 6.15. The minimum Gasteiger partial charge on any atom is -0.487 e. The van der Waals surface area contributed by atoms with Gasteiger partial charge in [0.25, 0.3) is 0 Å². The molecule has 0 bridgehead atoms. The van der Waals surface area contributed by atoms with E-state index in [0.717, 1.165) is 17.0 Å². The Labute approximate surface area is 151 Å². The van der Waals surface area contributed by atoms with Crippen molar-refractivity contribution < 1.29 is 17.9 Å². The lowest BCUT2D eigenvalue weighted by Gasteiger charge is -2.06. The van der Waals surface area contributed by atoms with Gasteiger partial charge in [0.15, 0.2) is 0 Å². The molecule has 0 fully saturated rings. The molecule has 0 saturated heterocycles. The Balaban J connectivity index is 1.80. The van der Waals surface area contributed by atoms with Crippen LogP contribution in [0.1, 0.15) is 16.1 Å². The molecule has 130 valence electrons. The SMILES string of the molecule is FC(F)(F)c1ccc(-c2nc(COc3ccccc3)c(CCl)s2)cc1. The van der Waals surface area contributed by atoms with Crippen LogP contribution in [0.3, 0.4) is 0 Å². The van der Waals surface area contributed by atoms with Gasteiger partial charge >= 0.3 is 6.18 Å². The highest BCUT2D eigenvalue weighted by atomic mass is 35.5. The summed E-state index contributed by atoms with van der Waals surface area (Å²) in [6.45, 7) is 0.253. The van der Waals surface area contributed by atoms with Gasteiger partial charge in [-0.05, 0) is 24.3 Å². The molecule has 2 nitrogen and oxygen atoms in total. The predicted molar refractivity (Wildman–Crippen MR) is 92.9 cm³/mol. The van der Waals surface area contributed by atoms with Crippen LogP contribution in [0, 0.1) is 0 Å². The molecular weight excluding hydrogens is 371 g/mol. The largest absolute Gasteiger partial charge is 0.487 e. The molecule has 7 heteroatoms. The first-order valence-electron chi connectivity index (χ1n) is 7.37. The van der Waals surface area contributed by atoms with E-state index in [1.54, 1.807) is 0 Å². The van der Waals surface area contributed by atoms with Crippen LogP contribution in [-0.4, -0.2) is 4.98 Å². The molecule has 0 saturated carbocycles. The second-order valence-corrected chi connectivity index (χ2v) is 6.55. The maximum Gasteiger partial charge on any atom is 0.416 e. The number of hydrogen-bond acceptors (Lipinski definition) is 3. The normalized spacial score (nSPS) is 11.5. The third-order valence-electron chi connectivity index (χ3n) is 3.48. The van der Waals surface area contributed by atoms with Gasteiger partial charge in [-0.1, -0.05) is 30.3 Å². The zero-order valence-corrected chi connectivity index (χ0v) is 14.5. The van der Waals surface area contributed by atoms with E-state index in [1.807, 2.05) is 30.3 Å². The first-order chi connectivity index (χ1) is 12.0. The van der Waals surface area contributed by atoms with E-state index in [2.05, 4.69) is 4.98 Å². The van der Waals surface area contributed by atoms with Gasteiger partial charge in [-0.25, -0.2) is 4.98 Å². The fraction of sp³-hybridized carbons (Fsp3) is 0.167. The summed E-state index contributed by atoms with van der Waals surface area (Å²) in [7, 11) is 0. The van der Waals surface area contributed by atoms with E-state index in [1.165, 1.54) is 23.5 Å². The Bertz CT molecular complexity index is 832. The second kappa shape index (κ2) is 7.45. The molecule has 0 aliphatic rings. The van der Waals surface area contributed by atoms with Crippen molar-refractivity contribution in [1.29, 1.82) is 0 Å². The molecule has 2 aromatic carbocycles. The van der Waals surface area contributed by atoms with Crippen molar-refractivity contribution in [2.24, 2.45) is 0 Å². The van der Waals surface area contributed by atoms with Gasteiger partial charge in [0.2, 0.25) is 0 Å². The van der Waals surface area contributed by atoms with Gasteiger partial charge in [0.1, 0.15) is 17.4 Å². The molecule has 0 atom stereocenters. The third kappa shape index (κ3) is 4.32. The van der Waals surface area contributed by atoms with Crippen molar-refractivity contribution >= 4 is 22.9 Å². The lowest BCUT2D eigenvalue weighted by molar-refractivity contribution is -0.137. The van der Waals surface area contributed by atoms with E-state index in [0.29, 0.717) is 22.0 Å². The molecule has 3 aromatic rings. The highest BCUT2D eigenvalue weighted by Gasteiger charge is 2.30. The van der Waals surface area contributed by atoms with E-state index >= 15 is 0 Å². The van der Waals surface area contributed by atoms with Gasteiger partial charge in [-0.15, -0.1) is 22.9 Å². The van der Waals surface area contributed by atoms with Crippen molar-refractivity contribution in [3.63, 3.8) is 0 Å². The van der Waals surface area contributed by atoms with Crippen LogP contribution in [0.15, 0.2) is 54.6 Å². The van der Waals surface area contributed by atoms with Gasteiger partial charge < -0.3 is 4.74 Å². The number of nitrogens with zero attached hydrogens (tertiary/aromatic N) is 1. The minimum absolute atomic E-state index is 0.253. The summed E-state index contributed by atoms with van der Waals surface area (Å²) < 4.78 is 43.7. The molecule has 25 heavy (non-hydrogen) atoms. The van der Waals surface area contributed by atoms with Crippen LogP contribution < -0.4 is 4.74 Å². The minimum atomic E-state index is -4.35. The maximum atomic E-state index is 12.7. The Morgan fingerprint density at radius 3 is 2.28 bits per heavy atom. The van der Waals surface area contributed by atoms with Crippen molar-refractivity contribution in [2.45, 2.75) is 18.7 Å². The average Bonchev–Trinajstić information content (AvgIpc) is 3.03. The van der Waals surface area contributed by atoms with Gasteiger partial charge in [0.05, 0.1) is 17.1 Å². The van der Waals surface area contributed by atoms with Crippen LogP contribution in [0.4, 0.5) is 13.2 Å². The zero-order valence-electron chi connectivity index (χ0n) is 12.9. The number of para-hydroxylation sites is 1. The number of thiazole rings is 1. The van der Waals surface area contributed by atoms with E-state index < -0.39 is 11.7 Å². The Kier molecular flexibility index (Phi) is 5.30. The quantitative estimate of drug-likeness (QED) is 0.493. The first-order valence-corrected chi connectivity index (χ1v) is 8.72. The highest BCUT2D eigenvalue weighted by Crippen LogP contribution is 2.33. The van der Waals surface area contributed by atoms with Crippen molar-refractivity contribution in [2.75, 3.05) is 0 Å². The number of benzene rings is 2. The number of hydrogen-bond donors (Lipinski definition) is 0. The number of halogens is 4. The Morgan fingerprint density at radius 1 is 1.00 bits per heavy atom. The van der Waals surface area contributed by atoms with Crippen molar-refractivity contribution in [3.05, 3.63) is 70.7 Å². The highest BCUT2D eigenvalue weighted by molar-refractivity contribution is 7.15. The van der Waals surface area contributed by atoms with E-state index in [9.17, 15) is 13.2 Å². The Hall–Kier alpha value is -2.05. The average molecular weight is 384 g/mol. The number of rotatable bonds is 5. The van der Waals surface area contributed by atoms with E-state index in [-0.39, 0.29) is 12.5 Å². The monoisotopic (exact) mass is 383 g/mol. The van der Waals surface area contributed by atoms with Gasteiger partial charge in [-0.2, -0.15) is 13.2 Å². The summed E-state index contributed by atoms with van der Waals surface area (Å²) in [5.74, 6) is 0.985. The molecule has 1 heterocycles. The van der Waals surface area contributed by atoms with Crippen LogP contribution in [0.25, 0.3) is 10.6 Å². The lowest BCUT2D eigenvalue weighted by Crippen LogP contribution is -2.04. The number of ether oxygens (including phenoxy) is 1. The van der Waals surface area contributed by atoms with Crippen LogP contribution in [0.5, 0.6) is 5.75 Å². The molecule has 0 amide bonds. The van der Waals surface area contributed by atoms with Crippen molar-refractivity contribution in [3.8, 4) is 16.3 Å². The van der Waals surface area contributed by atoms with Crippen molar-refractivity contribution in [1.82, 2.24) is 4.98 Å². The van der Waals surface area contributed by atoms with E-state index in [4.69, 9.17) is 16.3 Å². The van der Waals surface area contributed by atoms with Gasteiger partial charge in [0, 0.05) is 10.4 Å². The molecule has 1 aromatic heterocycles. The summed E-state index contributed by atoms with van der Waals surface area (Å²) >= 11 is 7.32. The molecule has 0 N–H and O–H groups in total. The Morgan fingerprint density at radius 2 is 1.68 bits per heavy atom. The van der Waals surface area contributed by atoms with Crippen LogP contribution in [-0.2, 0) is 18.7 Å². The topological polar surface area (TPSA) is 22.1 Å². The first kappa shape index (κ1) is 17.8. The standard InChI is InChI=1S/C18H13ClF3NOS/c19-10-16-15(11-24-14-4-2-1-3-5-14)23-17(25-16)12-6-8-13(9-7-12)18(20,21)22/h1-9H,10-11H2. The zero-order chi connectivity index (χ0) is 17.9. The molecule has 3 rings (SSSR count). The fourth-order valence-electron chi connectivity index (χ4n) is 2.19. The molecule has 0 aliphatic heterocycles. The third-order valence-corrected chi connectivity index (χ3v) is 5.05. The molecule has 0 aliphatic carbocycles. The number of aromatic nitrogens is 1. The second-order valence-electron chi connectivity index (χ2n) is 5.20. The molecule has 0 unspecified atom stereocenters. The smallest absolute Gasteiger partial charge is 0.416 e. The molecular formula is C18H13ClF3NOS. The van der Waals surface area contributed by atoms with Gasteiger partial charge in [-0.3, -0.25) is 0 Å². The van der Waals surface area contributed by atoms with Crippen LogP contribution in [0.2, 0.25) is 0 Å². The maximum absolute atomic E-state index is 12.7. The molecule has 0 radical (unpaired) electrons. The molecule has 0 spiro atoms.